The Morgan fingerprint density at radius 1 is 1.23 bits per heavy atom. The standard InChI is InChI=1S/C17H22N4O/c1-13(21-12-18-11-19-21)17(22)20-16-9-7-15(8-10-16)14-5-3-2-4-6-14/h7-14H,2-6H2,1H3,(H,20,22). The normalized spacial score (nSPS) is 17.1. The molecule has 0 spiro atoms. The molecule has 1 aliphatic rings. The Bertz CT molecular complexity index is 600. The average Bonchev–Trinajstić information content (AvgIpc) is 3.10. The molecular weight excluding hydrogens is 276 g/mol. The summed E-state index contributed by atoms with van der Waals surface area (Å²) in [5.74, 6) is 0.600. The van der Waals surface area contributed by atoms with Crippen molar-refractivity contribution < 1.29 is 4.79 Å². The van der Waals surface area contributed by atoms with Crippen molar-refractivity contribution in [2.45, 2.75) is 51.0 Å². The molecule has 0 radical (unpaired) electrons. The largest absolute Gasteiger partial charge is 0.324 e. The molecule has 1 aromatic carbocycles. The van der Waals surface area contributed by atoms with Crippen LogP contribution >= 0.6 is 0 Å². The van der Waals surface area contributed by atoms with Crippen LogP contribution in [0, 0.1) is 0 Å². The summed E-state index contributed by atoms with van der Waals surface area (Å²) in [5, 5.41) is 6.93. The Balaban J connectivity index is 1.62. The van der Waals surface area contributed by atoms with E-state index in [0.29, 0.717) is 5.92 Å². The van der Waals surface area contributed by atoms with Crippen molar-refractivity contribution >= 4 is 11.6 Å². The van der Waals surface area contributed by atoms with Gasteiger partial charge in [0.1, 0.15) is 18.7 Å². The number of rotatable bonds is 4. The molecule has 1 N–H and O–H groups in total. The van der Waals surface area contributed by atoms with Crippen molar-refractivity contribution in [3.8, 4) is 0 Å². The van der Waals surface area contributed by atoms with Gasteiger partial charge in [-0.15, -0.1) is 0 Å². The van der Waals surface area contributed by atoms with Crippen LogP contribution < -0.4 is 5.32 Å². The summed E-state index contributed by atoms with van der Waals surface area (Å²) in [5.41, 5.74) is 2.22. The zero-order valence-corrected chi connectivity index (χ0v) is 12.9. The maximum atomic E-state index is 12.2. The fourth-order valence-electron chi connectivity index (χ4n) is 3.06. The highest BCUT2D eigenvalue weighted by molar-refractivity contribution is 5.93. The van der Waals surface area contributed by atoms with Crippen LogP contribution in [0.5, 0.6) is 0 Å². The first kappa shape index (κ1) is 14.8. The van der Waals surface area contributed by atoms with E-state index < -0.39 is 0 Å². The van der Waals surface area contributed by atoms with Crippen molar-refractivity contribution in [2.24, 2.45) is 0 Å². The summed E-state index contributed by atoms with van der Waals surface area (Å²) in [6.07, 6.45) is 9.59. The molecule has 1 amide bonds. The summed E-state index contributed by atoms with van der Waals surface area (Å²) in [6.45, 7) is 1.81. The molecule has 1 unspecified atom stereocenters. The lowest BCUT2D eigenvalue weighted by atomic mass is 9.84. The monoisotopic (exact) mass is 298 g/mol. The van der Waals surface area contributed by atoms with Gasteiger partial charge in [0, 0.05) is 5.69 Å². The fourth-order valence-corrected chi connectivity index (χ4v) is 3.06. The molecule has 1 fully saturated rings. The summed E-state index contributed by atoms with van der Waals surface area (Å²) in [4.78, 5) is 16.1. The van der Waals surface area contributed by atoms with Crippen LogP contribution in [-0.4, -0.2) is 20.7 Å². The molecule has 22 heavy (non-hydrogen) atoms. The smallest absolute Gasteiger partial charge is 0.249 e. The van der Waals surface area contributed by atoms with E-state index in [-0.39, 0.29) is 11.9 Å². The molecule has 0 bridgehead atoms. The number of carbonyl (C=O) groups excluding carboxylic acids is 1. The van der Waals surface area contributed by atoms with Gasteiger partial charge in [-0.25, -0.2) is 9.67 Å². The molecule has 2 aromatic rings. The minimum atomic E-state index is -0.375. The lowest BCUT2D eigenvalue weighted by Crippen LogP contribution is -2.24. The van der Waals surface area contributed by atoms with E-state index in [1.807, 2.05) is 12.1 Å². The van der Waals surface area contributed by atoms with Gasteiger partial charge in [0.25, 0.3) is 0 Å². The van der Waals surface area contributed by atoms with Gasteiger partial charge in [0.2, 0.25) is 5.91 Å². The van der Waals surface area contributed by atoms with E-state index in [1.54, 1.807) is 17.9 Å². The maximum absolute atomic E-state index is 12.2. The average molecular weight is 298 g/mol. The van der Waals surface area contributed by atoms with Crippen molar-refractivity contribution in [3.63, 3.8) is 0 Å². The van der Waals surface area contributed by atoms with Gasteiger partial charge in [0.15, 0.2) is 0 Å². The number of nitrogens with one attached hydrogen (secondary N) is 1. The molecule has 0 aliphatic heterocycles. The van der Waals surface area contributed by atoms with E-state index in [2.05, 4.69) is 27.5 Å². The predicted molar refractivity (Wildman–Crippen MR) is 85.6 cm³/mol. The molecule has 5 heteroatoms. The maximum Gasteiger partial charge on any atom is 0.249 e. The summed E-state index contributed by atoms with van der Waals surface area (Å²) >= 11 is 0. The second-order valence-corrected chi connectivity index (χ2v) is 6.00. The Hall–Kier alpha value is -2.17. The van der Waals surface area contributed by atoms with Crippen LogP contribution in [0.3, 0.4) is 0 Å². The van der Waals surface area contributed by atoms with Gasteiger partial charge in [-0.1, -0.05) is 31.4 Å². The van der Waals surface area contributed by atoms with Crippen LogP contribution in [0.25, 0.3) is 0 Å². The summed E-state index contributed by atoms with van der Waals surface area (Å²) < 4.78 is 1.55. The second kappa shape index (κ2) is 6.73. The number of amides is 1. The van der Waals surface area contributed by atoms with Gasteiger partial charge in [-0.3, -0.25) is 4.79 Å². The third kappa shape index (κ3) is 3.35. The molecule has 1 saturated carbocycles. The zero-order chi connectivity index (χ0) is 15.4. The van der Waals surface area contributed by atoms with Gasteiger partial charge >= 0.3 is 0 Å². The van der Waals surface area contributed by atoms with Gasteiger partial charge in [-0.2, -0.15) is 5.10 Å². The van der Waals surface area contributed by atoms with Crippen molar-refractivity contribution in [1.29, 1.82) is 0 Å². The van der Waals surface area contributed by atoms with E-state index in [0.717, 1.165) is 5.69 Å². The highest BCUT2D eigenvalue weighted by atomic mass is 16.2. The third-order valence-corrected chi connectivity index (χ3v) is 4.47. The zero-order valence-electron chi connectivity index (χ0n) is 12.9. The Kier molecular flexibility index (Phi) is 4.51. The minimum Gasteiger partial charge on any atom is -0.324 e. The number of carbonyl (C=O) groups is 1. The van der Waals surface area contributed by atoms with Crippen LogP contribution in [-0.2, 0) is 4.79 Å². The first-order valence-electron chi connectivity index (χ1n) is 7.99. The van der Waals surface area contributed by atoms with E-state index in [1.165, 1.54) is 44.0 Å². The molecule has 116 valence electrons. The number of hydrogen-bond donors (Lipinski definition) is 1. The van der Waals surface area contributed by atoms with Gasteiger partial charge in [-0.05, 0) is 43.4 Å². The highest BCUT2D eigenvalue weighted by Gasteiger charge is 2.17. The van der Waals surface area contributed by atoms with Gasteiger partial charge < -0.3 is 5.32 Å². The van der Waals surface area contributed by atoms with Crippen LogP contribution in [0.4, 0.5) is 5.69 Å². The molecule has 5 nitrogen and oxygen atoms in total. The van der Waals surface area contributed by atoms with E-state index in [9.17, 15) is 4.79 Å². The van der Waals surface area contributed by atoms with Crippen LogP contribution in [0.15, 0.2) is 36.9 Å². The number of hydrogen-bond acceptors (Lipinski definition) is 3. The number of anilines is 1. The topological polar surface area (TPSA) is 59.8 Å². The Morgan fingerprint density at radius 3 is 2.59 bits per heavy atom. The van der Waals surface area contributed by atoms with Crippen LogP contribution in [0.1, 0.15) is 56.6 Å². The van der Waals surface area contributed by atoms with E-state index in [4.69, 9.17) is 0 Å². The first-order chi connectivity index (χ1) is 10.7. The summed E-state index contributed by atoms with van der Waals surface area (Å²) in [7, 11) is 0. The lowest BCUT2D eigenvalue weighted by molar-refractivity contribution is -0.119. The number of benzene rings is 1. The highest BCUT2D eigenvalue weighted by Crippen LogP contribution is 2.33. The second-order valence-electron chi connectivity index (χ2n) is 6.00. The molecule has 3 rings (SSSR count). The first-order valence-corrected chi connectivity index (χ1v) is 7.99. The third-order valence-electron chi connectivity index (χ3n) is 4.47. The van der Waals surface area contributed by atoms with Crippen molar-refractivity contribution in [1.82, 2.24) is 14.8 Å². The Morgan fingerprint density at radius 2 is 1.95 bits per heavy atom. The van der Waals surface area contributed by atoms with Crippen LogP contribution in [0.2, 0.25) is 0 Å². The molecule has 1 atom stereocenters. The molecule has 1 heterocycles. The van der Waals surface area contributed by atoms with Crippen molar-refractivity contribution in [3.05, 3.63) is 42.5 Å². The van der Waals surface area contributed by atoms with Gasteiger partial charge in [0.05, 0.1) is 0 Å². The quantitative estimate of drug-likeness (QED) is 0.939. The molecule has 0 saturated heterocycles. The predicted octanol–water partition coefficient (Wildman–Crippen LogP) is 3.53. The fraction of sp³-hybridized carbons (Fsp3) is 0.471. The SMILES string of the molecule is CC(C(=O)Nc1ccc(C2CCCCC2)cc1)n1cncn1. The van der Waals surface area contributed by atoms with Crippen molar-refractivity contribution in [2.75, 3.05) is 5.32 Å². The number of nitrogens with zero attached hydrogens (tertiary/aromatic N) is 3. The van der Waals surface area contributed by atoms with E-state index >= 15 is 0 Å². The minimum absolute atomic E-state index is 0.0871. The summed E-state index contributed by atoms with van der Waals surface area (Å²) in [6, 6.07) is 7.91. The number of aromatic nitrogens is 3. The molecule has 1 aliphatic carbocycles. The lowest BCUT2D eigenvalue weighted by Gasteiger charge is -2.22. The molecule has 1 aromatic heterocycles. The Labute approximate surface area is 130 Å². The molecular formula is C17H22N4O.